The third-order valence-corrected chi connectivity index (χ3v) is 2.48. The lowest BCUT2D eigenvalue weighted by Gasteiger charge is -2.11. The van der Waals surface area contributed by atoms with Gasteiger partial charge in [0.2, 0.25) is 0 Å². The monoisotopic (exact) mass is 245 g/mol. The van der Waals surface area contributed by atoms with E-state index in [1.807, 2.05) is 13.8 Å². The molecule has 6 heteroatoms. The summed E-state index contributed by atoms with van der Waals surface area (Å²) in [6.07, 6.45) is 1.72. The summed E-state index contributed by atoms with van der Waals surface area (Å²) in [7, 11) is 0. The van der Waals surface area contributed by atoms with Gasteiger partial charge in [-0.2, -0.15) is 0 Å². The summed E-state index contributed by atoms with van der Waals surface area (Å²) in [6, 6.07) is 4.73. The van der Waals surface area contributed by atoms with E-state index in [0.717, 1.165) is 5.69 Å². The molecule has 0 saturated carbocycles. The Balaban J connectivity index is 2.08. The SMILES string of the molecule is Cc1cnc(C(C)NC(=O)c2cccc(N)n2)[nH]1. The highest BCUT2D eigenvalue weighted by atomic mass is 16.1. The molecule has 2 aromatic rings. The highest BCUT2D eigenvalue weighted by Crippen LogP contribution is 2.09. The van der Waals surface area contributed by atoms with Crippen LogP contribution in [-0.2, 0) is 0 Å². The van der Waals surface area contributed by atoms with Crippen molar-refractivity contribution in [3.8, 4) is 0 Å². The van der Waals surface area contributed by atoms with Crippen LogP contribution in [0, 0.1) is 6.92 Å². The van der Waals surface area contributed by atoms with Crippen LogP contribution >= 0.6 is 0 Å². The number of hydrogen-bond donors (Lipinski definition) is 3. The molecule has 2 rings (SSSR count). The quantitative estimate of drug-likeness (QED) is 0.756. The zero-order valence-corrected chi connectivity index (χ0v) is 10.3. The third kappa shape index (κ3) is 2.65. The maximum absolute atomic E-state index is 11.9. The Bertz CT molecular complexity index is 563. The molecule has 0 aromatic carbocycles. The van der Waals surface area contributed by atoms with Gasteiger partial charge in [0.1, 0.15) is 17.3 Å². The van der Waals surface area contributed by atoms with Crippen molar-refractivity contribution in [1.29, 1.82) is 0 Å². The molecule has 2 heterocycles. The number of pyridine rings is 1. The summed E-state index contributed by atoms with van der Waals surface area (Å²) in [5.74, 6) is 0.762. The lowest BCUT2D eigenvalue weighted by Crippen LogP contribution is -2.28. The van der Waals surface area contributed by atoms with Crippen LogP contribution in [-0.4, -0.2) is 20.9 Å². The number of rotatable bonds is 3. The molecule has 94 valence electrons. The summed E-state index contributed by atoms with van der Waals surface area (Å²) >= 11 is 0. The van der Waals surface area contributed by atoms with Crippen molar-refractivity contribution in [2.24, 2.45) is 0 Å². The Morgan fingerprint density at radius 1 is 1.50 bits per heavy atom. The maximum atomic E-state index is 11.9. The second-order valence-electron chi connectivity index (χ2n) is 4.09. The van der Waals surface area contributed by atoms with Crippen molar-refractivity contribution in [3.63, 3.8) is 0 Å². The predicted molar refractivity (Wildman–Crippen MR) is 67.9 cm³/mol. The minimum Gasteiger partial charge on any atom is -0.384 e. The largest absolute Gasteiger partial charge is 0.384 e. The first kappa shape index (κ1) is 12.1. The van der Waals surface area contributed by atoms with Crippen LogP contribution < -0.4 is 11.1 Å². The van der Waals surface area contributed by atoms with E-state index >= 15 is 0 Å². The van der Waals surface area contributed by atoms with Crippen LogP contribution in [0.2, 0.25) is 0 Å². The molecular formula is C12H15N5O. The molecule has 1 amide bonds. The number of nitrogens with zero attached hydrogens (tertiary/aromatic N) is 2. The minimum absolute atomic E-state index is 0.213. The highest BCUT2D eigenvalue weighted by molar-refractivity contribution is 5.92. The first-order valence-corrected chi connectivity index (χ1v) is 5.61. The maximum Gasteiger partial charge on any atom is 0.270 e. The fraction of sp³-hybridized carbons (Fsp3) is 0.250. The number of carbonyl (C=O) groups excluding carboxylic acids is 1. The third-order valence-electron chi connectivity index (χ3n) is 2.48. The summed E-state index contributed by atoms with van der Waals surface area (Å²) in [6.45, 7) is 3.76. The predicted octanol–water partition coefficient (Wildman–Crippen LogP) is 1.19. The zero-order valence-electron chi connectivity index (χ0n) is 10.3. The molecule has 0 fully saturated rings. The molecule has 1 atom stereocenters. The second kappa shape index (κ2) is 4.87. The molecule has 0 saturated heterocycles. The smallest absolute Gasteiger partial charge is 0.270 e. The van der Waals surface area contributed by atoms with Gasteiger partial charge in [0, 0.05) is 11.9 Å². The molecule has 0 spiro atoms. The van der Waals surface area contributed by atoms with Gasteiger partial charge in [-0.3, -0.25) is 4.79 Å². The Labute approximate surface area is 105 Å². The average Bonchev–Trinajstić information content (AvgIpc) is 2.76. The molecule has 18 heavy (non-hydrogen) atoms. The second-order valence-corrected chi connectivity index (χ2v) is 4.09. The normalized spacial score (nSPS) is 12.1. The molecule has 0 aliphatic carbocycles. The molecule has 1 unspecified atom stereocenters. The van der Waals surface area contributed by atoms with E-state index in [-0.39, 0.29) is 11.9 Å². The van der Waals surface area contributed by atoms with Crippen molar-refractivity contribution in [2.45, 2.75) is 19.9 Å². The number of amides is 1. The van der Waals surface area contributed by atoms with Crippen molar-refractivity contribution >= 4 is 11.7 Å². The molecule has 0 radical (unpaired) electrons. The summed E-state index contributed by atoms with van der Waals surface area (Å²) < 4.78 is 0. The van der Waals surface area contributed by atoms with Gasteiger partial charge in [0.05, 0.1) is 6.04 Å². The summed E-state index contributed by atoms with van der Waals surface area (Å²) in [5, 5.41) is 2.80. The first-order chi connectivity index (χ1) is 8.56. The van der Waals surface area contributed by atoms with Gasteiger partial charge in [-0.1, -0.05) is 6.07 Å². The van der Waals surface area contributed by atoms with Gasteiger partial charge in [-0.15, -0.1) is 0 Å². The topological polar surface area (TPSA) is 96.7 Å². The number of nitrogens with two attached hydrogens (primary N) is 1. The fourth-order valence-corrected chi connectivity index (χ4v) is 1.57. The summed E-state index contributed by atoms with van der Waals surface area (Å²) in [5.41, 5.74) is 6.78. The molecule has 6 nitrogen and oxygen atoms in total. The number of aromatic nitrogens is 3. The lowest BCUT2D eigenvalue weighted by molar-refractivity contribution is 0.0933. The van der Waals surface area contributed by atoms with Gasteiger partial charge in [-0.05, 0) is 26.0 Å². The van der Waals surface area contributed by atoms with Crippen LogP contribution in [0.5, 0.6) is 0 Å². The Kier molecular flexibility index (Phi) is 3.27. The number of nitrogens with one attached hydrogen (secondary N) is 2. The number of hydrogen-bond acceptors (Lipinski definition) is 4. The van der Waals surface area contributed by atoms with Crippen molar-refractivity contribution in [1.82, 2.24) is 20.3 Å². The first-order valence-electron chi connectivity index (χ1n) is 5.61. The average molecular weight is 245 g/mol. The van der Waals surface area contributed by atoms with Crippen molar-refractivity contribution in [3.05, 3.63) is 41.6 Å². The molecule has 0 aliphatic rings. The fourth-order valence-electron chi connectivity index (χ4n) is 1.57. The summed E-state index contributed by atoms with van der Waals surface area (Å²) in [4.78, 5) is 23.1. The zero-order chi connectivity index (χ0) is 13.1. The van der Waals surface area contributed by atoms with Crippen molar-refractivity contribution < 1.29 is 4.79 Å². The van der Waals surface area contributed by atoms with E-state index in [0.29, 0.717) is 17.3 Å². The van der Waals surface area contributed by atoms with Gasteiger partial charge in [-0.25, -0.2) is 9.97 Å². The van der Waals surface area contributed by atoms with Crippen molar-refractivity contribution in [2.75, 3.05) is 5.73 Å². The highest BCUT2D eigenvalue weighted by Gasteiger charge is 2.14. The lowest BCUT2D eigenvalue weighted by atomic mass is 10.2. The standard InChI is InChI=1S/C12H15N5O/c1-7-6-14-11(15-7)8(2)16-12(18)9-4-3-5-10(13)17-9/h3-6,8H,1-2H3,(H2,13,17)(H,14,15)(H,16,18). The Morgan fingerprint density at radius 3 is 2.89 bits per heavy atom. The number of H-pyrrole nitrogens is 1. The minimum atomic E-state index is -0.274. The van der Waals surface area contributed by atoms with Crippen LogP contribution in [0.15, 0.2) is 24.4 Å². The number of carbonyl (C=O) groups is 1. The number of nitrogen functional groups attached to an aromatic ring is 1. The van der Waals surface area contributed by atoms with E-state index in [1.54, 1.807) is 24.4 Å². The molecular weight excluding hydrogens is 230 g/mol. The van der Waals surface area contributed by atoms with Gasteiger partial charge in [0.25, 0.3) is 5.91 Å². The molecule has 2 aromatic heterocycles. The van der Waals surface area contributed by atoms with E-state index in [2.05, 4.69) is 20.3 Å². The van der Waals surface area contributed by atoms with Crippen LogP contribution in [0.3, 0.4) is 0 Å². The van der Waals surface area contributed by atoms with Gasteiger partial charge < -0.3 is 16.0 Å². The van der Waals surface area contributed by atoms with Gasteiger partial charge >= 0.3 is 0 Å². The van der Waals surface area contributed by atoms with E-state index in [9.17, 15) is 4.79 Å². The molecule has 0 bridgehead atoms. The number of aryl methyl sites for hydroxylation is 1. The molecule has 4 N–H and O–H groups in total. The van der Waals surface area contributed by atoms with Crippen LogP contribution in [0.1, 0.15) is 35.0 Å². The van der Waals surface area contributed by atoms with Crippen LogP contribution in [0.4, 0.5) is 5.82 Å². The molecule has 0 aliphatic heterocycles. The van der Waals surface area contributed by atoms with Crippen LogP contribution in [0.25, 0.3) is 0 Å². The van der Waals surface area contributed by atoms with E-state index < -0.39 is 0 Å². The van der Waals surface area contributed by atoms with Gasteiger partial charge in [0.15, 0.2) is 0 Å². The number of anilines is 1. The number of imidazole rings is 1. The Hall–Kier alpha value is -2.37. The van der Waals surface area contributed by atoms with E-state index in [4.69, 9.17) is 5.73 Å². The van der Waals surface area contributed by atoms with E-state index in [1.165, 1.54) is 0 Å². The number of aromatic amines is 1. The Morgan fingerprint density at radius 2 is 2.28 bits per heavy atom.